The van der Waals surface area contributed by atoms with E-state index in [1.54, 1.807) is 29.1 Å². The number of hydrogen-bond acceptors (Lipinski definition) is 4. The van der Waals surface area contributed by atoms with E-state index in [1.165, 1.54) is 0 Å². The number of aliphatic carboxylic acids is 1. The lowest BCUT2D eigenvalue weighted by Crippen LogP contribution is -2.40. The van der Waals surface area contributed by atoms with Crippen LogP contribution in [0.25, 0.3) is 5.65 Å². The van der Waals surface area contributed by atoms with Gasteiger partial charge in [0.25, 0.3) is 5.91 Å². The van der Waals surface area contributed by atoms with Crippen molar-refractivity contribution in [3.8, 4) is 0 Å². The number of nitrogens with zero attached hydrogens (tertiary/aromatic N) is 4. The molecule has 3 heterocycles. The lowest BCUT2D eigenvalue weighted by atomic mass is 9.90. The van der Waals surface area contributed by atoms with Gasteiger partial charge in [0.2, 0.25) is 0 Å². The van der Waals surface area contributed by atoms with Crippen molar-refractivity contribution in [3.05, 3.63) is 30.2 Å². The molecule has 1 aliphatic carbocycles. The van der Waals surface area contributed by atoms with Gasteiger partial charge in [-0.05, 0) is 36.8 Å². The fraction of sp³-hybridized carbons (Fsp3) is 0.467. The van der Waals surface area contributed by atoms with Crippen LogP contribution in [0.5, 0.6) is 0 Å². The summed E-state index contributed by atoms with van der Waals surface area (Å²) >= 11 is 0. The number of aromatic nitrogens is 3. The van der Waals surface area contributed by atoms with Gasteiger partial charge in [0.05, 0.1) is 11.5 Å². The molecule has 2 aromatic heterocycles. The second-order valence-corrected chi connectivity index (χ2v) is 6.26. The molecule has 1 N–H and O–H groups in total. The van der Waals surface area contributed by atoms with Crippen LogP contribution in [0, 0.1) is 11.3 Å². The number of rotatable bonds is 2. The number of amides is 1. The molecule has 1 aliphatic heterocycles. The molecule has 114 valence electrons. The van der Waals surface area contributed by atoms with E-state index in [9.17, 15) is 9.59 Å². The van der Waals surface area contributed by atoms with Gasteiger partial charge >= 0.3 is 5.97 Å². The molecule has 2 fully saturated rings. The van der Waals surface area contributed by atoms with E-state index in [0.717, 1.165) is 19.3 Å². The van der Waals surface area contributed by atoms with E-state index >= 15 is 0 Å². The number of pyridine rings is 1. The average molecular weight is 300 g/mol. The predicted molar refractivity (Wildman–Crippen MR) is 76.3 cm³/mol. The maximum absolute atomic E-state index is 12.6. The molecule has 4 rings (SSSR count). The summed E-state index contributed by atoms with van der Waals surface area (Å²) < 4.78 is 1.72. The largest absolute Gasteiger partial charge is 0.481 e. The minimum atomic E-state index is -0.696. The summed E-state index contributed by atoms with van der Waals surface area (Å²) in [6.45, 7) is 1.26. The first kappa shape index (κ1) is 13.2. The number of piperidine rings is 1. The van der Waals surface area contributed by atoms with Crippen LogP contribution in [0.15, 0.2) is 24.7 Å². The summed E-state index contributed by atoms with van der Waals surface area (Å²) in [5.41, 5.74) is 1.26. The highest BCUT2D eigenvalue weighted by atomic mass is 16.4. The van der Waals surface area contributed by atoms with Crippen molar-refractivity contribution in [1.82, 2.24) is 19.5 Å². The van der Waals surface area contributed by atoms with E-state index in [4.69, 9.17) is 5.11 Å². The number of hydrogen-bond donors (Lipinski definition) is 1. The zero-order chi connectivity index (χ0) is 15.3. The Hall–Kier alpha value is -2.44. The minimum Gasteiger partial charge on any atom is -0.481 e. The van der Waals surface area contributed by atoms with Crippen LogP contribution < -0.4 is 0 Å². The van der Waals surface area contributed by atoms with E-state index in [1.807, 2.05) is 4.90 Å². The number of likely N-dealkylation sites (tertiary alicyclic amines) is 1. The second kappa shape index (κ2) is 4.53. The normalized spacial score (nSPS) is 22.9. The Balaban J connectivity index is 1.47. The molecule has 1 saturated heterocycles. The van der Waals surface area contributed by atoms with Gasteiger partial charge in [-0.1, -0.05) is 0 Å². The summed E-state index contributed by atoms with van der Waals surface area (Å²) in [5, 5.41) is 16.8. The SMILES string of the molecule is O=C(O)C1CC12CCN(C(=O)c1ccc3nncn3c1)CC2. The first-order chi connectivity index (χ1) is 10.6. The summed E-state index contributed by atoms with van der Waals surface area (Å²) in [7, 11) is 0. The van der Waals surface area contributed by atoms with Crippen molar-refractivity contribution >= 4 is 17.5 Å². The Labute approximate surface area is 126 Å². The van der Waals surface area contributed by atoms with Crippen molar-refractivity contribution in [3.63, 3.8) is 0 Å². The molecule has 7 heteroatoms. The topological polar surface area (TPSA) is 87.8 Å². The zero-order valence-corrected chi connectivity index (χ0v) is 12.0. The standard InChI is InChI=1S/C15H16N4O3/c20-13(10-1-2-12-17-16-9-19(12)8-10)18-5-3-15(4-6-18)7-11(15)14(21)22/h1-2,8-9,11H,3-7H2,(H,21,22). The van der Waals surface area contributed by atoms with E-state index in [-0.39, 0.29) is 17.2 Å². The Morgan fingerprint density at radius 3 is 2.73 bits per heavy atom. The van der Waals surface area contributed by atoms with E-state index in [2.05, 4.69) is 10.2 Å². The van der Waals surface area contributed by atoms with E-state index in [0.29, 0.717) is 24.3 Å². The van der Waals surface area contributed by atoms with Crippen LogP contribution >= 0.6 is 0 Å². The van der Waals surface area contributed by atoms with Crippen molar-refractivity contribution in [1.29, 1.82) is 0 Å². The Morgan fingerprint density at radius 1 is 1.27 bits per heavy atom. The number of carbonyl (C=O) groups is 2. The molecular formula is C15H16N4O3. The van der Waals surface area contributed by atoms with Crippen LogP contribution in [0.4, 0.5) is 0 Å². The van der Waals surface area contributed by atoms with Gasteiger partial charge < -0.3 is 10.0 Å². The monoisotopic (exact) mass is 300 g/mol. The number of carbonyl (C=O) groups excluding carboxylic acids is 1. The molecule has 0 aromatic carbocycles. The van der Waals surface area contributed by atoms with Gasteiger partial charge in [-0.15, -0.1) is 10.2 Å². The van der Waals surface area contributed by atoms with Crippen LogP contribution in [0.2, 0.25) is 0 Å². The average Bonchev–Trinajstić information content (AvgIpc) is 3.03. The van der Waals surface area contributed by atoms with Crippen molar-refractivity contribution in [2.45, 2.75) is 19.3 Å². The quantitative estimate of drug-likeness (QED) is 0.896. The molecule has 1 amide bonds. The zero-order valence-electron chi connectivity index (χ0n) is 12.0. The van der Waals surface area contributed by atoms with Gasteiger partial charge in [0.1, 0.15) is 6.33 Å². The molecule has 1 saturated carbocycles. The maximum Gasteiger partial charge on any atom is 0.307 e. The molecule has 1 spiro atoms. The molecule has 22 heavy (non-hydrogen) atoms. The first-order valence-electron chi connectivity index (χ1n) is 7.41. The number of carboxylic acids is 1. The smallest absolute Gasteiger partial charge is 0.307 e. The minimum absolute atomic E-state index is 0.0158. The van der Waals surface area contributed by atoms with E-state index < -0.39 is 5.97 Å². The highest BCUT2D eigenvalue weighted by Gasteiger charge is 2.59. The Bertz CT molecular complexity index is 761. The summed E-state index contributed by atoms with van der Waals surface area (Å²) in [6.07, 6.45) is 5.63. The molecular weight excluding hydrogens is 284 g/mol. The fourth-order valence-corrected chi connectivity index (χ4v) is 3.54. The third kappa shape index (κ3) is 1.96. The highest BCUT2D eigenvalue weighted by molar-refractivity contribution is 5.94. The van der Waals surface area contributed by atoms with Crippen LogP contribution in [0.3, 0.4) is 0 Å². The predicted octanol–water partition coefficient (Wildman–Crippen LogP) is 1.06. The third-order valence-corrected chi connectivity index (χ3v) is 5.07. The van der Waals surface area contributed by atoms with Gasteiger partial charge in [-0.2, -0.15) is 0 Å². The highest BCUT2D eigenvalue weighted by Crippen LogP contribution is 2.59. The molecule has 0 radical (unpaired) electrons. The van der Waals surface area contributed by atoms with Crippen LogP contribution in [-0.4, -0.2) is 49.6 Å². The Kier molecular flexibility index (Phi) is 2.72. The molecule has 1 unspecified atom stereocenters. The number of carboxylic acid groups (broad SMARTS) is 1. The van der Waals surface area contributed by atoms with Crippen molar-refractivity contribution in [2.75, 3.05) is 13.1 Å². The molecule has 2 aliphatic rings. The molecule has 1 atom stereocenters. The fourth-order valence-electron chi connectivity index (χ4n) is 3.54. The van der Waals surface area contributed by atoms with Gasteiger partial charge in [-0.25, -0.2) is 0 Å². The summed E-state index contributed by atoms with van der Waals surface area (Å²) in [6, 6.07) is 3.53. The van der Waals surface area contributed by atoms with Crippen molar-refractivity contribution < 1.29 is 14.7 Å². The lowest BCUT2D eigenvalue weighted by molar-refractivity contribution is -0.139. The van der Waals surface area contributed by atoms with Gasteiger partial charge in [0, 0.05) is 19.3 Å². The van der Waals surface area contributed by atoms with Gasteiger partial charge in [-0.3, -0.25) is 14.0 Å². The second-order valence-electron chi connectivity index (χ2n) is 6.26. The van der Waals surface area contributed by atoms with Crippen LogP contribution in [-0.2, 0) is 4.79 Å². The first-order valence-corrected chi connectivity index (χ1v) is 7.41. The Morgan fingerprint density at radius 2 is 2.05 bits per heavy atom. The maximum atomic E-state index is 12.6. The lowest BCUT2D eigenvalue weighted by Gasteiger charge is -2.32. The van der Waals surface area contributed by atoms with Gasteiger partial charge in [0.15, 0.2) is 5.65 Å². The number of fused-ring (bicyclic) bond motifs is 1. The molecule has 7 nitrogen and oxygen atoms in total. The molecule has 2 aromatic rings. The molecule has 0 bridgehead atoms. The van der Waals surface area contributed by atoms with Crippen LogP contribution in [0.1, 0.15) is 29.6 Å². The summed E-state index contributed by atoms with van der Waals surface area (Å²) in [5.74, 6) is -0.922. The van der Waals surface area contributed by atoms with Crippen molar-refractivity contribution in [2.24, 2.45) is 11.3 Å². The summed E-state index contributed by atoms with van der Waals surface area (Å²) in [4.78, 5) is 25.5. The third-order valence-electron chi connectivity index (χ3n) is 5.07.